The summed E-state index contributed by atoms with van der Waals surface area (Å²) in [7, 11) is 0. The third-order valence-corrected chi connectivity index (χ3v) is 2.58. The van der Waals surface area contributed by atoms with Crippen LogP contribution in [-0.4, -0.2) is 24.7 Å². The first kappa shape index (κ1) is 11.6. The Morgan fingerprint density at radius 3 is 2.82 bits per heavy atom. The maximum absolute atomic E-state index is 5.51. The molecule has 1 aromatic carbocycles. The van der Waals surface area contributed by atoms with Gasteiger partial charge in [0.1, 0.15) is 18.0 Å². The summed E-state index contributed by atoms with van der Waals surface area (Å²) in [6, 6.07) is 7.65. The fourth-order valence-electron chi connectivity index (χ4n) is 1.71. The lowest BCUT2D eigenvalue weighted by Gasteiger charge is -2.09. The number of para-hydroxylation sites is 1. The van der Waals surface area contributed by atoms with Gasteiger partial charge in [-0.1, -0.05) is 30.0 Å². The zero-order valence-corrected chi connectivity index (χ0v) is 9.88. The maximum Gasteiger partial charge on any atom is 0.147 e. The van der Waals surface area contributed by atoms with Gasteiger partial charge in [-0.05, 0) is 25.0 Å². The summed E-state index contributed by atoms with van der Waals surface area (Å²) in [4.78, 5) is 0. The number of hydrogen-bond donors (Lipinski definition) is 0. The fraction of sp³-hybridized carbons (Fsp3) is 0.385. The van der Waals surface area contributed by atoms with Crippen LogP contribution in [0.25, 0.3) is 0 Å². The fourth-order valence-corrected chi connectivity index (χ4v) is 1.71. The van der Waals surface area contributed by atoms with E-state index in [1.54, 1.807) is 6.08 Å². The molecule has 0 amide bonds. The molecule has 0 spiro atoms. The summed E-state index contributed by atoms with van der Waals surface area (Å²) in [5.41, 5.74) is 0.765. The topological polar surface area (TPSA) is 37.2 Å². The van der Waals surface area contributed by atoms with Crippen molar-refractivity contribution in [1.29, 1.82) is 0 Å². The highest BCUT2D eigenvalue weighted by Gasteiger charge is 2.09. The predicted molar refractivity (Wildman–Crippen MR) is 67.5 cm³/mol. The second-order valence-electron chi connectivity index (χ2n) is 3.92. The number of nitrogens with zero attached hydrogens (tertiary/aromatic N) is 3. The van der Waals surface area contributed by atoms with E-state index in [-0.39, 0.29) is 0 Å². The highest BCUT2D eigenvalue weighted by atomic mass is 16.5. The van der Waals surface area contributed by atoms with Gasteiger partial charge in [0.2, 0.25) is 0 Å². The van der Waals surface area contributed by atoms with E-state index < -0.39 is 0 Å². The molecule has 0 atom stereocenters. The molecule has 90 valence electrons. The lowest BCUT2D eigenvalue weighted by Crippen LogP contribution is -2.09. The van der Waals surface area contributed by atoms with Crippen molar-refractivity contribution < 1.29 is 4.74 Å². The van der Waals surface area contributed by atoms with Crippen LogP contribution in [0.5, 0.6) is 5.75 Å². The molecule has 0 unspecified atom stereocenters. The Kier molecular flexibility index (Phi) is 4.13. The van der Waals surface area contributed by atoms with Gasteiger partial charge in [-0.2, -0.15) is 0 Å². The van der Waals surface area contributed by atoms with E-state index in [4.69, 9.17) is 4.74 Å². The Morgan fingerprint density at radius 2 is 2.06 bits per heavy atom. The number of ether oxygens (including phenoxy) is 1. The van der Waals surface area contributed by atoms with E-state index in [2.05, 4.69) is 16.9 Å². The smallest absolute Gasteiger partial charge is 0.147 e. The minimum atomic E-state index is 0.482. The second kappa shape index (κ2) is 6.03. The SMILES string of the molecule is C=CCOc1ccccc1N=NN1CCCC1. The van der Waals surface area contributed by atoms with Gasteiger partial charge in [0.05, 0.1) is 0 Å². The molecular weight excluding hydrogens is 214 g/mol. The third-order valence-electron chi connectivity index (χ3n) is 2.58. The first-order valence-corrected chi connectivity index (χ1v) is 5.89. The molecule has 0 aliphatic carbocycles. The van der Waals surface area contributed by atoms with Crippen molar-refractivity contribution in [3.8, 4) is 5.75 Å². The first-order valence-electron chi connectivity index (χ1n) is 5.89. The zero-order valence-electron chi connectivity index (χ0n) is 9.88. The van der Waals surface area contributed by atoms with Crippen LogP contribution in [0.4, 0.5) is 5.69 Å². The molecule has 17 heavy (non-hydrogen) atoms. The number of benzene rings is 1. The standard InChI is InChI=1S/C13H17N3O/c1-2-11-17-13-8-4-3-7-12(13)14-15-16-9-5-6-10-16/h2-4,7-8H,1,5-6,9-11H2. The van der Waals surface area contributed by atoms with Crippen molar-refractivity contribution >= 4 is 5.69 Å². The molecule has 0 saturated carbocycles. The van der Waals surface area contributed by atoms with E-state index in [1.807, 2.05) is 29.3 Å². The molecule has 4 nitrogen and oxygen atoms in total. The van der Waals surface area contributed by atoms with E-state index in [9.17, 15) is 0 Å². The van der Waals surface area contributed by atoms with Crippen molar-refractivity contribution in [1.82, 2.24) is 5.01 Å². The summed E-state index contributed by atoms with van der Waals surface area (Å²) in [5.74, 6) is 0.746. The monoisotopic (exact) mass is 231 g/mol. The van der Waals surface area contributed by atoms with Crippen LogP contribution in [0.1, 0.15) is 12.8 Å². The molecule has 0 aromatic heterocycles. The van der Waals surface area contributed by atoms with Crippen LogP contribution in [0.3, 0.4) is 0 Å². The van der Waals surface area contributed by atoms with Crippen molar-refractivity contribution in [2.45, 2.75) is 12.8 Å². The molecule has 0 N–H and O–H groups in total. The van der Waals surface area contributed by atoms with Crippen LogP contribution >= 0.6 is 0 Å². The highest BCUT2D eigenvalue weighted by molar-refractivity contribution is 5.50. The molecular formula is C13H17N3O. The van der Waals surface area contributed by atoms with Crippen LogP contribution in [0, 0.1) is 0 Å². The Labute approximate surface area is 102 Å². The third kappa shape index (κ3) is 3.31. The van der Waals surface area contributed by atoms with Gasteiger partial charge in [0.25, 0.3) is 0 Å². The van der Waals surface area contributed by atoms with Gasteiger partial charge in [-0.25, -0.2) is 0 Å². The Bertz CT molecular complexity index is 397. The van der Waals surface area contributed by atoms with Gasteiger partial charge < -0.3 is 4.74 Å². The van der Waals surface area contributed by atoms with Gasteiger partial charge in [0.15, 0.2) is 0 Å². The summed E-state index contributed by atoms with van der Waals surface area (Å²) >= 11 is 0. The molecule has 4 heteroatoms. The lowest BCUT2D eigenvalue weighted by molar-refractivity contribution is 0.333. The number of hydrogen-bond acceptors (Lipinski definition) is 3. The maximum atomic E-state index is 5.51. The second-order valence-corrected chi connectivity index (χ2v) is 3.92. The Balaban J connectivity index is 2.05. The van der Waals surface area contributed by atoms with Crippen LogP contribution in [0.2, 0.25) is 0 Å². The van der Waals surface area contributed by atoms with Crippen molar-refractivity contribution in [3.63, 3.8) is 0 Å². The molecule has 1 aromatic rings. The van der Waals surface area contributed by atoms with E-state index in [0.717, 1.165) is 24.5 Å². The number of rotatable bonds is 5. The van der Waals surface area contributed by atoms with Crippen molar-refractivity contribution in [2.75, 3.05) is 19.7 Å². The Morgan fingerprint density at radius 1 is 1.29 bits per heavy atom. The summed E-state index contributed by atoms with van der Waals surface area (Å²) in [6.45, 7) is 6.11. The summed E-state index contributed by atoms with van der Waals surface area (Å²) in [5, 5.41) is 10.4. The van der Waals surface area contributed by atoms with Crippen LogP contribution in [0.15, 0.2) is 47.3 Å². The minimum absolute atomic E-state index is 0.482. The van der Waals surface area contributed by atoms with E-state index >= 15 is 0 Å². The molecule has 1 aliphatic heterocycles. The highest BCUT2D eigenvalue weighted by Crippen LogP contribution is 2.27. The molecule has 1 aliphatic rings. The first-order chi connectivity index (χ1) is 8.40. The molecule has 1 heterocycles. The van der Waals surface area contributed by atoms with Crippen LogP contribution in [-0.2, 0) is 0 Å². The average molecular weight is 231 g/mol. The van der Waals surface area contributed by atoms with E-state index in [0.29, 0.717) is 6.61 Å². The summed E-state index contributed by atoms with van der Waals surface area (Å²) < 4.78 is 5.51. The van der Waals surface area contributed by atoms with Crippen molar-refractivity contribution in [2.24, 2.45) is 10.3 Å². The summed E-state index contributed by atoms with van der Waals surface area (Å²) in [6.07, 6.45) is 4.12. The molecule has 1 fully saturated rings. The molecule has 0 radical (unpaired) electrons. The zero-order chi connectivity index (χ0) is 11.9. The van der Waals surface area contributed by atoms with Crippen molar-refractivity contribution in [3.05, 3.63) is 36.9 Å². The van der Waals surface area contributed by atoms with Gasteiger partial charge in [-0.3, -0.25) is 5.01 Å². The van der Waals surface area contributed by atoms with E-state index in [1.165, 1.54) is 12.8 Å². The van der Waals surface area contributed by atoms with Crippen LogP contribution < -0.4 is 4.74 Å². The molecule has 2 rings (SSSR count). The van der Waals surface area contributed by atoms with Gasteiger partial charge in [0, 0.05) is 13.1 Å². The predicted octanol–water partition coefficient (Wildman–Crippen LogP) is 3.35. The molecule has 0 bridgehead atoms. The Hall–Kier alpha value is -1.84. The average Bonchev–Trinajstić information content (AvgIpc) is 2.88. The quantitative estimate of drug-likeness (QED) is 0.575. The van der Waals surface area contributed by atoms with Gasteiger partial charge >= 0.3 is 0 Å². The van der Waals surface area contributed by atoms with Gasteiger partial charge in [-0.15, -0.1) is 5.11 Å². The minimum Gasteiger partial charge on any atom is -0.487 e. The lowest BCUT2D eigenvalue weighted by atomic mass is 10.3. The largest absolute Gasteiger partial charge is 0.487 e. The normalized spacial score (nSPS) is 15.4. The molecule has 1 saturated heterocycles.